The van der Waals surface area contributed by atoms with Crippen molar-refractivity contribution in [3.05, 3.63) is 41.4 Å². The van der Waals surface area contributed by atoms with Gasteiger partial charge in [-0.15, -0.1) is 11.3 Å². The second-order valence-corrected chi connectivity index (χ2v) is 20.8. The van der Waals surface area contributed by atoms with Crippen LogP contribution in [0.1, 0.15) is 116 Å². The van der Waals surface area contributed by atoms with Gasteiger partial charge in [0, 0.05) is 41.4 Å². The van der Waals surface area contributed by atoms with E-state index in [0.717, 1.165) is 45.7 Å². The number of ketones is 1. The minimum absolute atomic E-state index is 0.0447. The van der Waals surface area contributed by atoms with Gasteiger partial charge in [0.1, 0.15) is 22.2 Å². The highest BCUT2D eigenvalue weighted by atomic mass is 32.2. The second-order valence-electron chi connectivity index (χ2n) is 17.6. The Labute approximate surface area is 339 Å². The summed E-state index contributed by atoms with van der Waals surface area (Å²) in [7, 11) is -3.85. The van der Waals surface area contributed by atoms with E-state index in [1.54, 1.807) is 32.1 Å². The van der Waals surface area contributed by atoms with Crippen LogP contribution in [0.25, 0.3) is 21.6 Å². The number of para-hydroxylation sites is 1. The quantitative estimate of drug-likeness (QED) is 0.178. The van der Waals surface area contributed by atoms with Crippen molar-refractivity contribution < 1.29 is 37.1 Å². The minimum atomic E-state index is -3.85. The van der Waals surface area contributed by atoms with Crippen molar-refractivity contribution in [1.82, 2.24) is 24.2 Å². The van der Waals surface area contributed by atoms with Crippen molar-refractivity contribution in [2.45, 2.75) is 141 Å². The molecular weight excluding hydrogens is 767 g/mol. The normalized spacial score (nSPS) is 26.7. The number of carbonyl (C=O) groups is 4. The molecule has 4 heterocycles. The standard InChI is InChI=1S/C42H55N5O8S2/c1-25(2)47-32-16-12-15-31(37-43-23-26(3)56-37)36(32)44-40(47)54-29-20-33-34(48)22-42(39(51)45-57(52,53)30-17-18-30)21-28(42)14-11-9-7-8-10-13-27(38(50)46(33)24-29)19-35(49)55-41(4,5)6/h11-12,14-16,23,25,27-30,33H,7-10,13,17-22,24H2,1-6H3,(H,45,51)/b14-11-/t27-,28-,29-,33+,42-/m1/s1. The van der Waals surface area contributed by atoms with Crippen LogP contribution in [0.5, 0.6) is 6.01 Å². The van der Waals surface area contributed by atoms with Crippen LogP contribution >= 0.6 is 11.3 Å². The Morgan fingerprint density at radius 1 is 1.11 bits per heavy atom. The number of Topliss-reactive ketones (excluding diaryl/α,β-unsaturated/α-hetero) is 1. The minimum Gasteiger partial charge on any atom is -0.460 e. The zero-order valence-electron chi connectivity index (χ0n) is 33.8. The fourth-order valence-electron chi connectivity index (χ4n) is 8.38. The molecule has 2 saturated carbocycles. The van der Waals surface area contributed by atoms with Crippen molar-refractivity contribution >= 4 is 56.0 Å². The fourth-order valence-corrected chi connectivity index (χ4v) is 10.6. The molecule has 0 radical (unpaired) electrons. The smallest absolute Gasteiger partial charge is 0.307 e. The number of sulfonamides is 1. The first-order chi connectivity index (χ1) is 27.0. The number of rotatable bonds is 9. The van der Waals surface area contributed by atoms with E-state index in [-0.39, 0.29) is 49.5 Å². The SMILES string of the molecule is Cc1cnc(-c2cccc3c2nc(O[C@@H]2C[C@H]4C(=O)C[C@]5(C(=O)NS(=O)(=O)C6CC6)C[C@H]5/C=C\CCCCC[C@H](CC(=O)OC(C)(C)C)C(=O)N4C2)n3C(C)C)s1. The molecule has 2 aromatic heterocycles. The number of thiazole rings is 1. The van der Waals surface area contributed by atoms with E-state index in [4.69, 9.17) is 14.5 Å². The highest BCUT2D eigenvalue weighted by Crippen LogP contribution is 2.57. The van der Waals surface area contributed by atoms with E-state index in [0.29, 0.717) is 38.1 Å². The van der Waals surface area contributed by atoms with Crippen LogP contribution in [0.4, 0.5) is 0 Å². The van der Waals surface area contributed by atoms with E-state index in [1.807, 2.05) is 61.9 Å². The monoisotopic (exact) mass is 821 g/mol. The third kappa shape index (κ3) is 8.99. The first-order valence-corrected chi connectivity index (χ1v) is 22.7. The van der Waals surface area contributed by atoms with E-state index < -0.39 is 56.2 Å². The van der Waals surface area contributed by atoms with Gasteiger partial charge >= 0.3 is 5.97 Å². The molecule has 0 spiro atoms. The van der Waals surface area contributed by atoms with Gasteiger partial charge in [-0.25, -0.2) is 13.4 Å². The lowest BCUT2D eigenvalue weighted by molar-refractivity contribution is -0.159. The molecule has 3 aromatic rings. The van der Waals surface area contributed by atoms with Gasteiger partial charge in [0.15, 0.2) is 5.78 Å². The van der Waals surface area contributed by atoms with Crippen LogP contribution in [-0.2, 0) is 33.9 Å². The molecule has 1 saturated heterocycles. The number of imidazole rings is 1. The summed E-state index contributed by atoms with van der Waals surface area (Å²) < 4.78 is 42.5. The van der Waals surface area contributed by atoms with E-state index >= 15 is 0 Å². The summed E-state index contributed by atoms with van der Waals surface area (Å²) >= 11 is 1.58. The molecule has 3 fully saturated rings. The van der Waals surface area contributed by atoms with Gasteiger partial charge in [-0.2, -0.15) is 4.98 Å². The Morgan fingerprint density at radius 2 is 1.88 bits per heavy atom. The molecule has 15 heteroatoms. The van der Waals surface area contributed by atoms with E-state index in [9.17, 15) is 27.6 Å². The lowest BCUT2D eigenvalue weighted by atomic mass is 9.90. The van der Waals surface area contributed by atoms with E-state index in [1.165, 1.54) is 4.90 Å². The molecule has 0 unspecified atom stereocenters. The molecule has 2 amide bonds. The lowest BCUT2D eigenvalue weighted by Gasteiger charge is -2.29. The van der Waals surface area contributed by atoms with Gasteiger partial charge < -0.3 is 14.4 Å². The van der Waals surface area contributed by atoms with Crippen LogP contribution in [0.15, 0.2) is 36.5 Å². The number of allylic oxidation sites excluding steroid dienone is 2. The van der Waals surface area contributed by atoms with Gasteiger partial charge in [-0.05, 0) is 98.1 Å². The van der Waals surface area contributed by atoms with Crippen molar-refractivity contribution in [2.24, 2.45) is 17.3 Å². The van der Waals surface area contributed by atoms with Crippen molar-refractivity contribution in [2.75, 3.05) is 6.54 Å². The predicted molar refractivity (Wildman–Crippen MR) is 217 cm³/mol. The van der Waals surface area contributed by atoms with Crippen LogP contribution in [0.3, 0.4) is 0 Å². The molecule has 7 rings (SSSR count). The van der Waals surface area contributed by atoms with Crippen LogP contribution in [-0.4, -0.2) is 81.0 Å². The third-order valence-electron chi connectivity index (χ3n) is 11.5. The lowest BCUT2D eigenvalue weighted by Crippen LogP contribution is -2.46. The van der Waals surface area contributed by atoms with Crippen LogP contribution in [0.2, 0.25) is 0 Å². The van der Waals surface area contributed by atoms with Gasteiger partial charge in [-0.3, -0.25) is 28.5 Å². The van der Waals surface area contributed by atoms with Gasteiger partial charge in [0.05, 0.1) is 35.2 Å². The number of nitrogens with zero attached hydrogens (tertiary/aromatic N) is 4. The van der Waals surface area contributed by atoms with Gasteiger partial charge in [0.2, 0.25) is 21.8 Å². The van der Waals surface area contributed by atoms with Crippen molar-refractivity contribution in [3.63, 3.8) is 0 Å². The Bertz CT molecular complexity index is 2180. The number of fused-ring (bicyclic) bond motifs is 3. The van der Waals surface area contributed by atoms with Crippen LogP contribution < -0.4 is 9.46 Å². The molecule has 4 aliphatic rings. The third-order valence-corrected chi connectivity index (χ3v) is 14.3. The fraction of sp³-hybridized carbons (Fsp3) is 0.619. The maximum absolute atomic E-state index is 14.7. The second kappa shape index (κ2) is 15.9. The van der Waals surface area contributed by atoms with Crippen molar-refractivity contribution in [1.29, 1.82) is 0 Å². The molecule has 1 N–H and O–H groups in total. The number of hydrogen-bond donors (Lipinski definition) is 1. The summed E-state index contributed by atoms with van der Waals surface area (Å²) in [6.45, 7) is 11.5. The molecule has 57 heavy (non-hydrogen) atoms. The average molecular weight is 822 g/mol. The maximum Gasteiger partial charge on any atom is 0.307 e. The first-order valence-electron chi connectivity index (χ1n) is 20.3. The molecule has 2 aliphatic heterocycles. The van der Waals surface area contributed by atoms with Gasteiger partial charge in [-0.1, -0.05) is 31.1 Å². The Morgan fingerprint density at radius 3 is 2.56 bits per heavy atom. The predicted octanol–water partition coefficient (Wildman–Crippen LogP) is 6.84. The number of benzene rings is 1. The maximum atomic E-state index is 14.7. The Balaban J connectivity index is 1.22. The number of aryl methyl sites for hydroxylation is 1. The summed E-state index contributed by atoms with van der Waals surface area (Å²) in [5.74, 6) is -2.85. The number of hydrogen-bond acceptors (Lipinski definition) is 11. The topological polar surface area (TPSA) is 167 Å². The Hall–Kier alpha value is -4.11. The number of ether oxygens (including phenoxy) is 2. The summed E-state index contributed by atoms with van der Waals surface area (Å²) in [4.78, 5) is 68.7. The highest BCUT2D eigenvalue weighted by Gasteiger charge is 2.61. The molecule has 308 valence electrons. The number of amides is 2. The number of carbonyl (C=O) groups excluding carboxylic acids is 4. The highest BCUT2D eigenvalue weighted by molar-refractivity contribution is 7.90. The van der Waals surface area contributed by atoms with Gasteiger partial charge in [0.25, 0.3) is 6.01 Å². The zero-order chi connectivity index (χ0) is 40.9. The summed E-state index contributed by atoms with van der Waals surface area (Å²) in [6, 6.07) is 5.28. The Kier molecular flexibility index (Phi) is 11.5. The largest absolute Gasteiger partial charge is 0.460 e. The molecular formula is C42H55N5O8S2. The zero-order valence-corrected chi connectivity index (χ0v) is 35.4. The number of aromatic nitrogens is 3. The first kappa shape index (κ1) is 41.1. The number of nitrogens with one attached hydrogen (secondary N) is 1. The molecule has 13 nitrogen and oxygen atoms in total. The number of esters is 1. The summed E-state index contributed by atoms with van der Waals surface area (Å²) in [6.07, 6.45) is 9.82. The van der Waals surface area contributed by atoms with E-state index in [2.05, 4.69) is 9.71 Å². The summed E-state index contributed by atoms with van der Waals surface area (Å²) in [5, 5.41) is 0.247. The molecule has 1 aromatic carbocycles. The molecule has 5 atom stereocenters. The van der Waals surface area contributed by atoms with Crippen LogP contribution in [0, 0.1) is 24.2 Å². The van der Waals surface area contributed by atoms with Crippen molar-refractivity contribution in [3.8, 4) is 16.6 Å². The molecule has 2 aliphatic carbocycles. The summed E-state index contributed by atoms with van der Waals surface area (Å²) in [5.41, 5.74) is 0.500. The molecule has 0 bridgehead atoms. The average Bonchev–Trinajstić information content (AvgIpc) is 3.96.